The maximum atomic E-state index is 12.5. The Hall–Kier alpha value is -3.40. The molecule has 154 valence electrons. The lowest BCUT2D eigenvalue weighted by Gasteiger charge is -2.28. The number of fused-ring (bicyclic) bond motifs is 4. The van der Waals surface area contributed by atoms with Crippen molar-refractivity contribution in [2.45, 2.75) is 5.25 Å². The van der Waals surface area contributed by atoms with E-state index in [-0.39, 0.29) is 12.5 Å². The predicted molar refractivity (Wildman–Crippen MR) is 108 cm³/mol. The van der Waals surface area contributed by atoms with Crippen molar-refractivity contribution in [3.8, 4) is 34.1 Å². The van der Waals surface area contributed by atoms with Crippen LogP contribution in [-0.2, 0) is 4.79 Å². The molecule has 5 rings (SSSR count). The van der Waals surface area contributed by atoms with Crippen molar-refractivity contribution >= 4 is 28.4 Å². The molecule has 1 unspecified atom stereocenters. The van der Waals surface area contributed by atoms with Gasteiger partial charge in [-0.2, -0.15) is 0 Å². The highest BCUT2D eigenvalue weighted by Gasteiger charge is 2.38. The van der Waals surface area contributed by atoms with Crippen LogP contribution in [0.3, 0.4) is 0 Å². The largest absolute Gasteiger partial charge is 0.497 e. The van der Waals surface area contributed by atoms with E-state index in [0.717, 1.165) is 11.1 Å². The quantitative estimate of drug-likeness (QED) is 0.651. The molecule has 1 atom stereocenters. The minimum Gasteiger partial charge on any atom is -0.497 e. The number of aromatic nitrogens is 1. The second-order valence-electron chi connectivity index (χ2n) is 6.71. The maximum Gasteiger partial charge on any atom is 0.366 e. The number of benzene rings is 2. The molecular formula is C20H16N2O7S. The molecule has 2 heterocycles. The van der Waals surface area contributed by atoms with Crippen molar-refractivity contribution in [1.29, 1.82) is 0 Å². The topological polar surface area (TPSA) is 123 Å². The van der Waals surface area contributed by atoms with E-state index >= 15 is 0 Å². The van der Waals surface area contributed by atoms with Gasteiger partial charge >= 0.3 is 5.63 Å². The van der Waals surface area contributed by atoms with Gasteiger partial charge < -0.3 is 29.2 Å². The summed E-state index contributed by atoms with van der Waals surface area (Å²) in [5.41, 5.74) is 7.43. The van der Waals surface area contributed by atoms with Crippen LogP contribution >= 0.6 is 11.8 Å². The van der Waals surface area contributed by atoms with Crippen molar-refractivity contribution in [3.63, 3.8) is 0 Å². The van der Waals surface area contributed by atoms with E-state index < -0.39 is 16.8 Å². The van der Waals surface area contributed by atoms with Crippen LogP contribution < -0.4 is 30.3 Å². The van der Waals surface area contributed by atoms with Gasteiger partial charge in [-0.15, -0.1) is 11.8 Å². The number of rotatable bonds is 5. The molecule has 1 aromatic heterocycles. The van der Waals surface area contributed by atoms with Crippen molar-refractivity contribution in [2.75, 3.05) is 26.8 Å². The number of nitrogens with two attached hydrogens (primary N) is 1. The average Bonchev–Trinajstić information content (AvgIpc) is 3.22. The first kappa shape index (κ1) is 18.6. The zero-order valence-corrected chi connectivity index (χ0v) is 16.8. The van der Waals surface area contributed by atoms with E-state index in [1.54, 1.807) is 26.4 Å². The van der Waals surface area contributed by atoms with Gasteiger partial charge in [0.1, 0.15) is 17.2 Å². The Balaban J connectivity index is 1.93. The summed E-state index contributed by atoms with van der Waals surface area (Å²) in [7, 11) is 3.10. The van der Waals surface area contributed by atoms with Crippen LogP contribution in [0, 0.1) is 0 Å². The monoisotopic (exact) mass is 428 g/mol. The van der Waals surface area contributed by atoms with Crippen molar-refractivity contribution in [2.24, 2.45) is 5.73 Å². The number of carbonyl (C=O) groups is 1. The number of thioether (sulfide) groups is 1. The minimum absolute atomic E-state index is 0.0308. The number of carbonyl (C=O) groups excluding carboxylic acids is 1. The highest BCUT2D eigenvalue weighted by atomic mass is 32.2. The van der Waals surface area contributed by atoms with Crippen molar-refractivity contribution in [3.05, 3.63) is 39.9 Å². The standard InChI is InChI=1S/C20H16N2O7S/c1-25-8-3-9-14(11(4-8)26-2)19(30-6-13(21)23)17-15-10(20(24)29-22-17)5-12-18(16(9)15)28-7-27-12/h3-5,19H,6-7H2,1-2H3,(H2,21,23). The molecule has 3 aromatic rings. The van der Waals surface area contributed by atoms with Crippen molar-refractivity contribution < 1.29 is 28.3 Å². The summed E-state index contributed by atoms with van der Waals surface area (Å²) in [6, 6.07) is 5.18. The van der Waals surface area contributed by atoms with Crippen molar-refractivity contribution in [1.82, 2.24) is 5.16 Å². The predicted octanol–water partition coefficient (Wildman–Crippen LogP) is 2.22. The molecule has 1 aliphatic heterocycles. The van der Waals surface area contributed by atoms with Crippen LogP contribution in [0.4, 0.5) is 0 Å². The minimum atomic E-state index is -0.592. The number of primary amides is 1. The molecule has 0 radical (unpaired) electrons. The van der Waals surface area contributed by atoms with Crippen LogP contribution in [0.5, 0.6) is 23.0 Å². The first-order valence-corrected chi connectivity index (χ1v) is 10.0. The Kier molecular flexibility index (Phi) is 4.24. The van der Waals surface area contributed by atoms with E-state index in [9.17, 15) is 9.59 Å². The third-order valence-corrected chi connectivity index (χ3v) is 6.35. The molecule has 10 heteroatoms. The van der Waals surface area contributed by atoms with Crippen LogP contribution in [0.15, 0.2) is 27.5 Å². The SMILES string of the molecule is COc1cc(OC)c2c(c1)-c1c3c(cc4c(=O)onc(c14)C2SCC(N)=O)OCO3. The number of amides is 1. The maximum absolute atomic E-state index is 12.5. The smallest absolute Gasteiger partial charge is 0.366 e. The van der Waals surface area contributed by atoms with Gasteiger partial charge in [0.25, 0.3) is 0 Å². The number of nitrogens with zero attached hydrogens (tertiary/aromatic N) is 1. The summed E-state index contributed by atoms with van der Waals surface area (Å²) in [6.45, 7) is 0.0308. The Labute approximate surface area is 174 Å². The van der Waals surface area contributed by atoms with E-state index in [1.807, 2.05) is 6.07 Å². The van der Waals surface area contributed by atoms with Crippen LogP contribution in [-0.4, -0.2) is 37.8 Å². The van der Waals surface area contributed by atoms with Gasteiger partial charge in [-0.05, 0) is 17.7 Å². The zero-order valence-electron chi connectivity index (χ0n) is 16.0. The summed E-state index contributed by atoms with van der Waals surface area (Å²) in [6.07, 6.45) is 0. The molecule has 0 bridgehead atoms. The molecule has 2 N–H and O–H groups in total. The van der Waals surface area contributed by atoms with E-state index in [1.165, 1.54) is 11.8 Å². The Bertz CT molecular complexity index is 1270. The first-order chi connectivity index (χ1) is 14.5. The van der Waals surface area contributed by atoms with Gasteiger partial charge in [-0.3, -0.25) is 4.79 Å². The van der Waals surface area contributed by atoms with Crippen LogP contribution in [0.1, 0.15) is 16.5 Å². The van der Waals surface area contributed by atoms with Gasteiger partial charge in [0.05, 0.1) is 30.6 Å². The fourth-order valence-corrected chi connectivity index (χ4v) is 4.98. The summed E-state index contributed by atoms with van der Waals surface area (Å²) >= 11 is 1.28. The van der Waals surface area contributed by atoms with Gasteiger partial charge in [0.2, 0.25) is 12.7 Å². The lowest BCUT2D eigenvalue weighted by atomic mass is 9.84. The van der Waals surface area contributed by atoms with E-state index in [2.05, 4.69) is 5.16 Å². The molecule has 9 nitrogen and oxygen atoms in total. The highest BCUT2D eigenvalue weighted by molar-refractivity contribution is 8.00. The Morgan fingerprint density at radius 1 is 1.27 bits per heavy atom. The summed E-state index contributed by atoms with van der Waals surface area (Å²) < 4.78 is 27.5. The molecule has 2 aliphatic rings. The lowest BCUT2D eigenvalue weighted by molar-refractivity contribution is -0.115. The number of hydrogen-bond donors (Lipinski definition) is 1. The van der Waals surface area contributed by atoms with Crippen LogP contribution in [0.2, 0.25) is 0 Å². The Morgan fingerprint density at radius 2 is 2.10 bits per heavy atom. The third-order valence-electron chi connectivity index (χ3n) is 5.11. The fraction of sp³-hybridized carbons (Fsp3) is 0.250. The molecule has 30 heavy (non-hydrogen) atoms. The molecule has 1 amide bonds. The van der Waals surface area contributed by atoms with Gasteiger partial charge in [-0.25, -0.2) is 4.79 Å². The molecule has 0 saturated heterocycles. The number of ether oxygens (including phenoxy) is 4. The molecule has 0 fully saturated rings. The van der Waals surface area contributed by atoms with Gasteiger partial charge in [0.15, 0.2) is 11.5 Å². The van der Waals surface area contributed by atoms with E-state index in [4.69, 9.17) is 29.2 Å². The Morgan fingerprint density at radius 3 is 2.83 bits per heavy atom. The summed E-state index contributed by atoms with van der Waals surface area (Å²) in [5.74, 6) is 1.62. The second-order valence-corrected chi connectivity index (χ2v) is 7.80. The average molecular weight is 428 g/mol. The lowest BCUT2D eigenvalue weighted by Crippen LogP contribution is -2.18. The molecule has 1 aliphatic carbocycles. The molecule has 2 aromatic carbocycles. The zero-order chi connectivity index (χ0) is 21.0. The van der Waals surface area contributed by atoms with Crippen LogP contribution in [0.25, 0.3) is 21.9 Å². The van der Waals surface area contributed by atoms with Gasteiger partial charge in [-0.1, -0.05) is 5.16 Å². The number of hydrogen-bond acceptors (Lipinski definition) is 9. The van der Waals surface area contributed by atoms with E-state index in [0.29, 0.717) is 45.0 Å². The first-order valence-electron chi connectivity index (χ1n) is 8.95. The molecule has 0 spiro atoms. The highest BCUT2D eigenvalue weighted by Crippen LogP contribution is 2.57. The third kappa shape index (κ3) is 2.60. The summed E-state index contributed by atoms with van der Waals surface area (Å²) in [4.78, 5) is 24.0. The number of methoxy groups -OCH3 is 2. The second kappa shape index (κ2) is 6.84. The molecular weight excluding hydrogens is 412 g/mol. The fourth-order valence-electron chi connectivity index (χ4n) is 3.92. The normalized spacial score (nSPS) is 15.7. The van der Waals surface area contributed by atoms with Gasteiger partial charge in [0, 0.05) is 22.6 Å². The molecule has 0 saturated carbocycles. The summed E-state index contributed by atoms with van der Waals surface area (Å²) in [5, 5.41) is 4.53.